The third kappa shape index (κ3) is 6.58. The van der Waals surface area contributed by atoms with E-state index in [1.807, 2.05) is 42.5 Å². The molecule has 0 unspecified atom stereocenters. The number of rotatable bonds is 9. The van der Waals surface area contributed by atoms with Gasteiger partial charge in [0.15, 0.2) is 5.78 Å². The average Bonchev–Trinajstić information content (AvgIpc) is 2.95. The van der Waals surface area contributed by atoms with E-state index in [0.29, 0.717) is 22.4 Å². The van der Waals surface area contributed by atoms with E-state index in [1.54, 1.807) is 72.8 Å². The molecule has 37 heavy (non-hydrogen) atoms. The van der Waals surface area contributed by atoms with E-state index in [9.17, 15) is 14.4 Å². The fourth-order valence-electron chi connectivity index (χ4n) is 3.77. The summed E-state index contributed by atoms with van der Waals surface area (Å²) in [6.45, 7) is 3.84. The molecule has 4 rings (SSSR count). The summed E-state index contributed by atoms with van der Waals surface area (Å²) in [5.74, 6) is -0.760. The van der Waals surface area contributed by atoms with Gasteiger partial charge in [0.1, 0.15) is 12.6 Å². The van der Waals surface area contributed by atoms with Gasteiger partial charge in [-0.15, -0.1) is 0 Å². The van der Waals surface area contributed by atoms with Crippen LogP contribution in [0.1, 0.15) is 38.7 Å². The Morgan fingerprint density at radius 1 is 0.811 bits per heavy atom. The zero-order valence-electron chi connectivity index (χ0n) is 20.1. The van der Waals surface area contributed by atoms with Gasteiger partial charge in [0.2, 0.25) is 0 Å². The van der Waals surface area contributed by atoms with Crippen molar-refractivity contribution in [2.75, 3.05) is 5.32 Å². The molecule has 4 aromatic rings. The summed E-state index contributed by atoms with van der Waals surface area (Å²) in [6.07, 6.45) is 0.883. The number of anilines is 1. The molecule has 6 heteroatoms. The molecule has 0 heterocycles. The Kier molecular flexibility index (Phi) is 8.24. The number of alkyl carbamates (subject to hydrolysis) is 1. The minimum absolute atomic E-state index is 0.0624. The van der Waals surface area contributed by atoms with Crippen LogP contribution in [-0.2, 0) is 16.1 Å². The lowest BCUT2D eigenvalue weighted by Crippen LogP contribution is -2.37. The summed E-state index contributed by atoms with van der Waals surface area (Å²) in [7, 11) is 0. The highest BCUT2D eigenvalue weighted by molar-refractivity contribution is 6.14. The normalized spacial score (nSPS) is 11.1. The van der Waals surface area contributed by atoms with Crippen LogP contribution in [0.4, 0.5) is 10.5 Å². The maximum atomic E-state index is 13.5. The molecule has 1 atom stereocenters. The van der Waals surface area contributed by atoms with Gasteiger partial charge in [-0.05, 0) is 28.8 Å². The summed E-state index contributed by atoms with van der Waals surface area (Å²) in [5, 5.41) is 5.49. The Bertz CT molecular complexity index is 1390. The smallest absolute Gasteiger partial charge is 0.408 e. The standard InChI is InChI=1S/C31H26N2O4/c1-2-22-18-19-26(29(34)25-16-10-5-11-17-25)27(20-22)32-30(35)28(24-14-8-4-9-15-24)33-31(36)37-21-23-12-6-3-7-13-23/h2-20,28H,1,21H2,(H,32,35)(H,33,36)/t28-/m0/s1. The first-order valence-electron chi connectivity index (χ1n) is 11.7. The minimum Gasteiger partial charge on any atom is -0.445 e. The van der Waals surface area contributed by atoms with Crippen molar-refractivity contribution in [2.45, 2.75) is 12.6 Å². The zero-order valence-corrected chi connectivity index (χ0v) is 20.1. The van der Waals surface area contributed by atoms with Crippen molar-refractivity contribution < 1.29 is 19.1 Å². The Hall–Kier alpha value is -4.97. The van der Waals surface area contributed by atoms with Gasteiger partial charge in [-0.1, -0.05) is 110 Å². The van der Waals surface area contributed by atoms with Gasteiger partial charge >= 0.3 is 6.09 Å². The topological polar surface area (TPSA) is 84.5 Å². The monoisotopic (exact) mass is 490 g/mol. The Morgan fingerprint density at radius 3 is 2.08 bits per heavy atom. The molecular weight excluding hydrogens is 464 g/mol. The fourth-order valence-corrected chi connectivity index (χ4v) is 3.77. The second-order valence-electron chi connectivity index (χ2n) is 8.24. The molecule has 2 amide bonds. The van der Waals surface area contributed by atoms with Crippen LogP contribution < -0.4 is 10.6 Å². The fraction of sp³-hybridized carbons (Fsp3) is 0.0645. The number of ketones is 1. The molecule has 184 valence electrons. The van der Waals surface area contributed by atoms with E-state index >= 15 is 0 Å². The van der Waals surface area contributed by atoms with Crippen LogP contribution in [0, 0.1) is 0 Å². The molecule has 0 saturated heterocycles. The number of hydrogen-bond acceptors (Lipinski definition) is 4. The average molecular weight is 491 g/mol. The Labute approximate surface area is 215 Å². The van der Waals surface area contributed by atoms with E-state index < -0.39 is 18.0 Å². The number of nitrogens with one attached hydrogen (secondary N) is 2. The summed E-state index contributed by atoms with van der Waals surface area (Å²) in [4.78, 5) is 39.4. The van der Waals surface area contributed by atoms with Crippen LogP contribution in [0.25, 0.3) is 6.08 Å². The molecule has 0 bridgehead atoms. The number of carbonyl (C=O) groups excluding carboxylic acids is 3. The predicted octanol–water partition coefficient (Wildman–Crippen LogP) is 6.17. The zero-order chi connectivity index (χ0) is 26.0. The Balaban J connectivity index is 1.58. The SMILES string of the molecule is C=Cc1ccc(C(=O)c2ccccc2)c(NC(=O)[C@@H](NC(=O)OCc2ccccc2)c2ccccc2)c1. The predicted molar refractivity (Wildman–Crippen MR) is 144 cm³/mol. The molecule has 0 aromatic heterocycles. The molecule has 2 N–H and O–H groups in total. The molecule has 6 nitrogen and oxygen atoms in total. The van der Waals surface area contributed by atoms with Crippen LogP contribution in [-0.4, -0.2) is 17.8 Å². The van der Waals surface area contributed by atoms with Crippen molar-refractivity contribution in [1.82, 2.24) is 5.32 Å². The highest BCUT2D eigenvalue weighted by Gasteiger charge is 2.25. The lowest BCUT2D eigenvalue weighted by molar-refractivity contribution is -0.118. The van der Waals surface area contributed by atoms with Crippen molar-refractivity contribution >= 4 is 29.5 Å². The van der Waals surface area contributed by atoms with E-state index in [1.165, 1.54) is 0 Å². The van der Waals surface area contributed by atoms with Crippen molar-refractivity contribution in [3.8, 4) is 0 Å². The third-order valence-corrected chi connectivity index (χ3v) is 5.69. The van der Waals surface area contributed by atoms with Gasteiger partial charge < -0.3 is 15.4 Å². The second kappa shape index (κ2) is 12.1. The van der Waals surface area contributed by atoms with Crippen molar-refractivity contribution in [3.63, 3.8) is 0 Å². The maximum absolute atomic E-state index is 13.5. The highest BCUT2D eigenvalue weighted by atomic mass is 16.5. The third-order valence-electron chi connectivity index (χ3n) is 5.69. The summed E-state index contributed by atoms with van der Waals surface area (Å²) in [5.41, 5.74) is 3.24. The quantitative estimate of drug-likeness (QED) is 0.275. The molecule has 0 fully saturated rings. The summed E-state index contributed by atoms with van der Waals surface area (Å²) < 4.78 is 5.34. The number of benzene rings is 4. The summed E-state index contributed by atoms with van der Waals surface area (Å²) >= 11 is 0. The molecule has 0 saturated carbocycles. The summed E-state index contributed by atoms with van der Waals surface area (Å²) in [6, 6.07) is 30.9. The van der Waals surface area contributed by atoms with Gasteiger partial charge in [0, 0.05) is 11.1 Å². The van der Waals surface area contributed by atoms with Gasteiger partial charge in [-0.3, -0.25) is 9.59 Å². The first-order chi connectivity index (χ1) is 18.0. The first kappa shape index (κ1) is 25.1. The van der Waals surface area contributed by atoms with E-state index in [0.717, 1.165) is 11.1 Å². The molecule has 0 aliphatic carbocycles. The van der Waals surface area contributed by atoms with Gasteiger partial charge in [-0.25, -0.2) is 4.79 Å². The highest BCUT2D eigenvalue weighted by Crippen LogP contribution is 2.24. The van der Waals surface area contributed by atoms with Gasteiger partial charge in [-0.2, -0.15) is 0 Å². The van der Waals surface area contributed by atoms with Crippen LogP contribution >= 0.6 is 0 Å². The second-order valence-corrected chi connectivity index (χ2v) is 8.24. The molecule has 0 aliphatic rings. The number of hydrogen-bond donors (Lipinski definition) is 2. The van der Waals surface area contributed by atoms with E-state index in [4.69, 9.17) is 4.74 Å². The van der Waals surface area contributed by atoms with Crippen LogP contribution in [0.2, 0.25) is 0 Å². The largest absolute Gasteiger partial charge is 0.445 e. The van der Waals surface area contributed by atoms with Crippen molar-refractivity contribution in [1.29, 1.82) is 0 Å². The Morgan fingerprint density at radius 2 is 1.43 bits per heavy atom. The molecule has 0 spiro atoms. The van der Waals surface area contributed by atoms with Crippen molar-refractivity contribution in [2.24, 2.45) is 0 Å². The van der Waals surface area contributed by atoms with Crippen LogP contribution in [0.5, 0.6) is 0 Å². The van der Waals surface area contributed by atoms with E-state index in [2.05, 4.69) is 17.2 Å². The first-order valence-corrected chi connectivity index (χ1v) is 11.7. The van der Waals surface area contributed by atoms with Gasteiger partial charge in [0.25, 0.3) is 5.91 Å². The van der Waals surface area contributed by atoms with Crippen LogP contribution in [0.15, 0.2) is 116 Å². The van der Waals surface area contributed by atoms with Crippen molar-refractivity contribution in [3.05, 3.63) is 144 Å². The maximum Gasteiger partial charge on any atom is 0.408 e. The number of amides is 2. The lowest BCUT2D eigenvalue weighted by Gasteiger charge is -2.20. The lowest BCUT2D eigenvalue weighted by atomic mass is 9.99. The van der Waals surface area contributed by atoms with E-state index in [-0.39, 0.29) is 12.4 Å². The molecule has 4 aromatic carbocycles. The minimum atomic E-state index is -1.06. The number of ether oxygens (including phenoxy) is 1. The molecule has 0 aliphatic heterocycles. The van der Waals surface area contributed by atoms with Crippen LogP contribution in [0.3, 0.4) is 0 Å². The molecule has 0 radical (unpaired) electrons. The number of carbonyl (C=O) groups is 3. The molecular formula is C31H26N2O4. The van der Waals surface area contributed by atoms with Gasteiger partial charge in [0.05, 0.1) is 5.69 Å².